The summed E-state index contributed by atoms with van der Waals surface area (Å²) in [7, 11) is -2.93. The van der Waals surface area contributed by atoms with Gasteiger partial charge in [0.1, 0.15) is 0 Å². The van der Waals surface area contributed by atoms with Crippen LogP contribution in [0.1, 0.15) is 61.9 Å². The fourth-order valence-corrected chi connectivity index (χ4v) is 9.60. The normalized spacial score (nSPS) is 16.1. The highest BCUT2D eigenvalue weighted by Gasteiger charge is 2.49. The topological polar surface area (TPSA) is 37.3 Å². The van der Waals surface area contributed by atoms with E-state index in [1.54, 1.807) is 0 Å². The maximum atomic E-state index is 12.7. The summed E-state index contributed by atoms with van der Waals surface area (Å²) in [4.78, 5) is 25.0. The van der Waals surface area contributed by atoms with Crippen LogP contribution < -0.4 is 10.4 Å². The Balaban J connectivity index is 1.37. The molecule has 0 amide bonds. The predicted molar refractivity (Wildman–Crippen MR) is 143 cm³/mol. The largest absolute Gasteiger partial charge is 0.424 e. The molecule has 4 heteroatoms. The second-order valence-electron chi connectivity index (χ2n) is 9.99. The van der Waals surface area contributed by atoms with Crippen molar-refractivity contribution < 1.29 is 9.59 Å². The summed E-state index contributed by atoms with van der Waals surface area (Å²) in [5, 5.41) is 1.94. The quantitative estimate of drug-likeness (QED) is 0.266. The molecule has 1 aliphatic rings. The van der Waals surface area contributed by atoms with E-state index in [0.29, 0.717) is 5.78 Å². The Hall–Kier alpha value is -2.01. The van der Waals surface area contributed by atoms with Gasteiger partial charge in [-0.3, -0.25) is 4.79 Å². The minimum Gasteiger partial charge on any atom is -0.424 e. The number of benzene rings is 3. The van der Waals surface area contributed by atoms with E-state index in [-0.39, 0.29) is 11.0 Å². The average molecular weight is 522 g/mol. The lowest BCUT2D eigenvalue weighted by molar-refractivity contribution is 0.0929. The minimum atomic E-state index is -2.93. The van der Waals surface area contributed by atoms with E-state index in [9.17, 15) is 9.59 Å². The third-order valence-corrected chi connectivity index (χ3v) is 12.4. The van der Waals surface area contributed by atoms with Gasteiger partial charge in [-0.2, -0.15) is 0 Å². The number of ketones is 1. The summed E-state index contributed by atoms with van der Waals surface area (Å²) < 4.78 is 1.05. The van der Waals surface area contributed by atoms with Gasteiger partial charge in [0.15, 0.2) is 5.78 Å². The number of fused-ring (bicyclic) bond motifs is 1. The van der Waals surface area contributed by atoms with Gasteiger partial charge in [-0.25, -0.2) is 0 Å². The summed E-state index contributed by atoms with van der Waals surface area (Å²) in [6, 6.07) is 26.5. The number of rotatable bonds is 9. The zero-order valence-electron chi connectivity index (χ0n) is 19.6. The molecule has 0 spiro atoms. The van der Waals surface area contributed by atoms with Crippen LogP contribution in [0.15, 0.2) is 83.3 Å². The molecule has 0 saturated heterocycles. The molecular formula is C29H33BrO2Si. The monoisotopic (exact) mass is 520 g/mol. The molecule has 3 aromatic rings. The van der Waals surface area contributed by atoms with E-state index < -0.39 is 8.32 Å². The van der Waals surface area contributed by atoms with Crippen LogP contribution >= 0.6 is 15.9 Å². The molecule has 0 aromatic heterocycles. The number of hydrogen-bond donors (Lipinski definition) is 1. The SMILES string of the molecule is CC(C)(CCCCCC1Cc2cc(Br)ccc2C1=O)[Si](O)(c1ccccc1)c1ccccc1. The van der Waals surface area contributed by atoms with Crippen LogP contribution in [-0.2, 0) is 6.42 Å². The fraction of sp³-hybridized carbons (Fsp3) is 0.345. The Labute approximate surface area is 207 Å². The van der Waals surface area contributed by atoms with E-state index in [4.69, 9.17) is 0 Å². The van der Waals surface area contributed by atoms with Crippen molar-refractivity contribution in [3.05, 3.63) is 94.5 Å². The lowest BCUT2D eigenvalue weighted by atomic mass is 9.96. The fourth-order valence-electron chi connectivity index (χ4n) is 5.40. The van der Waals surface area contributed by atoms with Crippen molar-refractivity contribution in [2.24, 2.45) is 5.92 Å². The predicted octanol–water partition coefficient (Wildman–Crippen LogP) is 6.29. The number of carbonyl (C=O) groups is 1. The first-order chi connectivity index (χ1) is 15.8. The number of Topliss-reactive ketones (excluding diaryl/α,β-unsaturated/α-hetero) is 1. The van der Waals surface area contributed by atoms with E-state index in [2.05, 4.69) is 60.1 Å². The molecule has 2 nitrogen and oxygen atoms in total. The molecule has 0 fully saturated rings. The molecule has 0 bridgehead atoms. The van der Waals surface area contributed by atoms with Gasteiger partial charge in [0.2, 0.25) is 0 Å². The Morgan fingerprint density at radius 1 is 0.909 bits per heavy atom. The highest BCUT2D eigenvalue weighted by atomic mass is 79.9. The molecule has 172 valence electrons. The van der Waals surface area contributed by atoms with Crippen molar-refractivity contribution in [3.8, 4) is 0 Å². The molecule has 1 N–H and O–H groups in total. The maximum absolute atomic E-state index is 12.7. The van der Waals surface area contributed by atoms with Gasteiger partial charge in [0, 0.05) is 16.0 Å². The first kappa shape index (κ1) is 24.1. The van der Waals surface area contributed by atoms with Gasteiger partial charge in [0.25, 0.3) is 8.32 Å². The van der Waals surface area contributed by atoms with Crippen LogP contribution in [0.3, 0.4) is 0 Å². The van der Waals surface area contributed by atoms with E-state index in [1.165, 1.54) is 5.56 Å². The van der Waals surface area contributed by atoms with Crippen molar-refractivity contribution in [2.75, 3.05) is 0 Å². The number of hydrogen-bond acceptors (Lipinski definition) is 2. The summed E-state index contributed by atoms with van der Waals surface area (Å²) in [5.41, 5.74) is 2.09. The average Bonchev–Trinajstić information content (AvgIpc) is 3.13. The van der Waals surface area contributed by atoms with Crippen LogP contribution in [0.4, 0.5) is 0 Å². The number of carbonyl (C=O) groups excluding carboxylic acids is 1. The molecular weight excluding hydrogens is 488 g/mol. The number of halogens is 1. The molecule has 0 aliphatic heterocycles. The van der Waals surface area contributed by atoms with Crippen LogP contribution in [-0.4, -0.2) is 18.9 Å². The Kier molecular flexibility index (Phi) is 7.37. The van der Waals surface area contributed by atoms with Crippen LogP contribution in [0, 0.1) is 5.92 Å². The highest BCUT2D eigenvalue weighted by molar-refractivity contribution is 9.10. The molecule has 0 saturated carbocycles. The molecule has 1 aliphatic carbocycles. The van der Waals surface area contributed by atoms with Crippen molar-refractivity contribution in [1.82, 2.24) is 0 Å². The van der Waals surface area contributed by atoms with Crippen LogP contribution in [0.5, 0.6) is 0 Å². The standard InChI is InChI=1S/C29H33BrO2Si/c1-29(2,33(32,25-13-7-3-8-14-25)26-15-9-4-10-16-26)19-11-5-6-12-22-20-23-21-24(30)17-18-27(23)28(22)31/h3-4,7-10,13-18,21-22,32H,5-6,11-12,19-20H2,1-2H3. The first-order valence-electron chi connectivity index (χ1n) is 12.0. The summed E-state index contributed by atoms with van der Waals surface area (Å²) >= 11 is 3.52. The molecule has 0 radical (unpaired) electrons. The molecule has 33 heavy (non-hydrogen) atoms. The van der Waals surface area contributed by atoms with Gasteiger partial charge in [-0.05, 0) is 52.4 Å². The van der Waals surface area contributed by atoms with Gasteiger partial charge < -0.3 is 4.80 Å². The Bertz CT molecular complexity index is 1060. The second kappa shape index (κ2) is 10.1. The van der Waals surface area contributed by atoms with Crippen LogP contribution in [0.25, 0.3) is 0 Å². The lowest BCUT2D eigenvalue weighted by Gasteiger charge is -2.41. The van der Waals surface area contributed by atoms with Crippen molar-refractivity contribution in [1.29, 1.82) is 0 Å². The van der Waals surface area contributed by atoms with Gasteiger partial charge in [-0.1, -0.05) is 116 Å². The summed E-state index contributed by atoms with van der Waals surface area (Å²) in [6.07, 6.45) is 5.98. The second-order valence-corrected chi connectivity index (χ2v) is 14.8. The van der Waals surface area contributed by atoms with Crippen LogP contribution in [0.2, 0.25) is 5.04 Å². The summed E-state index contributed by atoms with van der Waals surface area (Å²) in [6.45, 7) is 4.46. The molecule has 1 atom stereocenters. The Morgan fingerprint density at radius 3 is 2.12 bits per heavy atom. The molecule has 1 unspecified atom stereocenters. The molecule has 4 rings (SSSR count). The zero-order valence-corrected chi connectivity index (χ0v) is 22.1. The van der Waals surface area contributed by atoms with Gasteiger partial charge >= 0.3 is 0 Å². The highest BCUT2D eigenvalue weighted by Crippen LogP contribution is 2.40. The van der Waals surface area contributed by atoms with E-state index in [0.717, 1.165) is 58.9 Å². The third kappa shape index (κ3) is 4.94. The number of unbranched alkanes of at least 4 members (excludes halogenated alkanes) is 2. The molecule has 3 aromatic carbocycles. The zero-order chi connectivity index (χ0) is 23.5. The van der Waals surface area contributed by atoms with E-state index in [1.807, 2.05) is 48.5 Å². The van der Waals surface area contributed by atoms with Crippen molar-refractivity contribution in [3.63, 3.8) is 0 Å². The first-order valence-corrected chi connectivity index (χ1v) is 14.7. The maximum Gasteiger partial charge on any atom is 0.258 e. The smallest absolute Gasteiger partial charge is 0.258 e. The van der Waals surface area contributed by atoms with Gasteiger partial charge in [-0.15, -0.1) is 0 Å². The Morgan fingerprint density at radius 2 is 1.52 bits per heavy atom. The minimum absolute atomic E-state index is 0.127. The summed E-state index contributed by atoms with van der Waals surface area (Å²) in [5.74, 6) is 0.440. The lowest BCUT2D eigenvalue weighted by Crippen LogP contribution is -2.65. The van der Waals surface area contributed by atoms with Gasteiger partial charge in [0.05, 0.1) is 0 Å². The van der Waals surface area contributed by atoms with E-state index >= 15 is 0 Å². The molecule has 0 heterocycles. The van der Waals surface area contributed by atoms with Crippen molar-refractivity contribution >= 4 is 40.4 Å². The van der Waals surface area contributed by atoms with Crippen molar-refractivity contribution in [2.45, 2.75) is 57.4 Å². The third-order valence-electron chi connectivity index (χ3n) is 7.39.